The molecule has 142 valence electrons. The summed E-state index contributed by atoms with van der Waals surface area (Å²) in [5, 5.41) is 10.7. The van der Waals surface area contributed by atoms with Gasteiger partial charge in [-0.25, -0.2) is 0 Å². The number of rotatable bonds is 4. The van der Waals surface area contributed by atoms with Gasteiger partial charge in [0.05, 0.1) is 27.2 Å². The van der Waals surface area contributed by atoms with Crippen LogP contribution in [0, 0.1) is 11.3 Å². The Bertz CT molecular complexity index is 1120. The second-order valence-corrected chi connectivity index (χ2v) is 6.31. The number of fused-ring (bicyclic) bond motifs is 3. The highest BCUT2D eigenvalue weighted by molar-refractivity contribution is 5.88. The van der Waals surface area contributed by atoms with Crippen molar-refractivity contribution in [3.05, 3.63) is 59.1 Å². The summed E-state index contributed by atoms with van der Waals surface area (Å²) < 4.78 is 22.2. The largest absolute Gasteiger partial charge is 0.493 e. The quantitative estimate of drug-likeness (QED) is 0.722. The molecular formula is C21H19N3O4. The third-order valence-electron chi connectivity index (χ3n) is 4.93. The smallest absolute Gasteiger partial charge is 0.205 e. The molecule has 7 nitrogen and oxygen atoms in total. The van der Waals surface area contributed by atoms with Crippen molar-refractivity contribution in [3.63, 3.8) is 0 Å². The van der Waals surface area contributed by atoms with Crippen LogP contribution in [-0.2, 0) is 0 Å². The van der Waals surface area contributed by atoms with Crippen LogP contribution in [0.2, 0.25) is 0 Å². The van der Waals surface area contributed by atoms with Crippen LogP contribution in [0.25, 0.3) is 10.9 Å². The van der Waals surface area contributed by atoms with E-state index >= 15 is 0 Å². The standard InChI is InChI=1S/C21H19N3O4/c1-25-16-8-11(9-17(26-2)20(16)27-3)18-13-4-5-15-12(6-7-24-15)19(13)28-21(23)14(18)10-22/h4-9,18,24H,23H2,1-3H3/t18-/m0/s1. The van der Waals surface area contributed by atoms with Crippen LogP contribution in [0.5, 0.6) is 23.0 Å². The van der Waals surface area contributed by atoms with Crippen molar-refractivity contribution in [2.75, 3.05) is 21.3 Å². The third-order valence-corrected chi connectivity index (χ3v) is 4.93. The minimum Gasteiger partial charge on any atom is -0.493 e. The molecule has 1 aliphatic heterocycles. The summed E-state index contributed by atoms with van der Waals surface area (Å²) in [6, 6.07) is 11.7. The summed E-state index contributed by atoms with van der Waals surface area (Å²) in [5.41, 5.74) is 9.01. The molecule has 1 atom stereocenters. The SMILES string of the molecule is COc1cc([C@@H]2C(C#N)=C(N)Oc3c2ccc2[nH]ccc32)cc(OC)c1OC. The maximum atomic E-state index is 9.78. The zero-order valence-electron chi connectivity index (χ0n) is 15.7. The highest BCUT2D eigenvalue weighted by Gasteiger charge is 2.33. The maximum Gasteiger partial charge on any atom is 0.205 e. The van der Waals surface area contributed by atoms with Crippen molar-refractivity contribution in [1.29, 1.82) is 5.26 Å². The zero-order valence-corrected chi connectivity index (χ0v) is 15.7. The average Bonchev–Trinajstić information content (AvgIpc) is 3.21. The molecule has 7 heteroatoms. The summed E-state index contributed by atoms with van der Waals surface area (Å²) in [5.74, 6) is 1.78. The Balaban J connectivity index is 2.00. The highest BCUT2D eigenvalue weighted by Crippen LogP contribution is 2.48. The first kappa shape index (κ1) is 17.6. The number of nitrogens with two attached hydrogens (primary N) is 1. The summed E-state index contributed by atoms with van der Waals surface area (Å²) >= 11 is 0. The van der Waals surface area contributed by atoms with Crippen LogP contribution in [0.15, 0.2) is 48.0 Å². The first-order chi connectivity index (χ1) is 13.6. The maximum absolute atomic E-state index is 9.78. The van der Waals surface area contributed by atoms with Crippen molar-refractivity contribution in [2.24, 2.45) is 5.73 Å². The van der Waals surface area contributed by atoms with E-state index < -0.39 is 5.92 Å². The van der Waals surface area contributed by atoms with Crippen molar-refractivity contribution >= 4 is 10.9 Å². The molecule has 1 aromatic heterocycles. The van der Waals surface area contributed by atoms with Crippen molar-refractivity contribution < 1.29 is 18.9 Å². The van der Waals surface area contributed by atoms with Gasteiger partial charge in [-0.1, -0.05) is 6.07 Å². The van der Waals surface area contributed by atoms with Gasteiger partial charge >= 0.3 is 0 Å². The molecule has 0 saturated carbocycles. The number of aromatic nitrogens is 1. The number of nitrogens with zero attached hydrogens (tertiary/aromatic N) is 1. The number of benzene rings is 2. The molecule has 3 N–H and O–H groups in total. The van der Waals surface area contributed by atoms with Crippen LogP contribution in [-0.4, -0.2) is 26.3 Å². The van der Waals surface area contributed by atoms with E-state index in [1.807, 2.05) is 36.5 Å². The molecule has 0 unspecified atom stereocenters. The summed E-state index contributed by atoms with van der Waals surface area (Å²) in [6.45, 7) is 0. The van der Waals surface area contributed by atoms with Gasteiger partial charge in [-0.15, -0.1) is 0 Å². The molecule has 0 amide bonds. The molecule has 0 saturated heterocycles. The first-order valence-electron chi connectivity index (χ1n) is 8.60. The van der Waals surface area contributed by atoms with Crippen LogP contribution >= 0.6 is 0 Å². The van der Waals surface area contributed by atoms with Crippen LogP contribution in [0.1, 0.15) is 17.0 Å². The normalized spacial score (nSPS) is 15.6. The number of nitrogens with one attached hydrogen (secondary N) is 1. The Labute approximate surface area is 161 Å². The first-order valence-corrected chi connectivity index (χ1v) is 8.60. The minimum atomic E-state index is -0.429. The molecule has 2 heterocycles. The molecule has 0 spiro atoms. The molecule has 1 aliphatic rings. The Hall–Kier alpha value is -3.79. The number of methoxy groups -OCH3 is 3. The lowest BCUT2D eigenvalue weighted by molar-refractivity contribution is 0.323. The lowest BCUT2D eigenvalue weighted by atomic mass is 9.82. The average molecular weight is 377 g/mol. The van der Waals surface area contributed by atoms with Gasteiger partial charge in [-0.3, -0.25) is 0 Å². The van der Waals surface area contributed by atoms with E-state index in [1.54, 1.807) is 21.3 Å². The number of aromatic amines is 1. The van der Waals surface area contributed by atoms with Crippen LogP contribution in [0.3, 0.4) is 0 Å². The van der Waals surface area contributed by atoms with Gasteiger partial charge in [0.2, 0.25) is 11.6 Å². The van der Waals surface area contributed by atoms with Gasteiger partial charge in [0, 0.05) is 22.7 Å². The van der Waals surface area contributed by atoms with Gasteiger partial charge < -0.3 is 29.7 Å². The Morgan fingerprint density at radius 1 is 1.07 bits per heavy atom. The second kappa shape index (κ2) is 6.74. The molecule has 0 fully saturated rings. The van der Waals surface area contributed by atoms with E-state index in [4.69, 9.17) is 24.7 Å². The molecule has 0 bridgehead atoms. The van der Waals surface area contributed by atoms with Gasteiger partial charge in [-0.2, -0.15) is 5.26 Å². The van der Waals surface area contributed by atoms with Gasteiger partial charge in [-0.05, 0) is 29.8 Å². The number of ether oxygens (including phenoxy) is 4. The number of hydrogen-bond acceptors (Lipinski definition) is 6. The van der Waals surface area contributed by atoms with E-state index in [0.717, 1.165) is 22.0 Å². The Morgan fingerprint density at radius 3 is 2.39 bits per heavy atom. The van der Waals surface area contributed by atoms with Crippen LogP contribution < -0.4 is 24.7 Å². The highest BCUT2D eigenvalue weighted by atomic mass is 16.5. The minimum absolute atomic E-state index is 0.0856. The fourth-order valence-corrected chi connectivity index (χ4v) is 3.66. The zero-order chi connectivity index (χ0) is 19.8. The topological polar surface area (TPSA) is 103 Å². The molecule has 0 radical (unpaired) electrons. The number of nitriles is 1. The fourth-order valence-electron chi connectivity index (χ4n) is 3.66. The molecule has 4 rings (SSSR count). The Morgan fingerprint density at radius 2 is 1.79 bits per heavy atom. The van der Waals surface area contributed by atoms with Crippen molar-refractivity contribution in [3.8, 4) is 29.1 Å². The second-order valence-electron chi connectivity index (χ2n) is 6.31. The summed E-state index contributed by atoms with van der Waals surface area (Å²) in [4.78, 5) is 3.16. The fraction of sp³-hybridized carbons (Fsp3) is 0.190. The summed E-state index contributed by atoms with van der Waals surface area (Å²) in [6.07, 6.45) is 1.84. The molecule has 3 aromatic rings. The number of hydrogen-bond donors (Lipinski definition) is 2. The predicted molar refractivity (Wildman–Crippen MR) is 104 cm³/mol. The van der Waals surface area contributed by atoms with E-state index in [9.17, 15) is 5.26 Å². The third kappa shape index (κ3) is 2.50. The molecule has 2 aromatic carbocycles. The molecular weight excluding hydrogens is 358 g/mol. The van der Waals surface area contributed by atoms with Crippen LogP contribution in [0.4, 0.5) is 0 Å². The van der Waals surface area contributed by atoms with E-state index in [1.165, 1.54) is 0 Å². The van der Waals surface area contributed by atoms with Gasteiger partial charge in [0.1, 0.15) is 17.4 Å². The van der Waals surface area contributed by atoms with Gasteiger partial charge in [0.25, 0.3) is 0 Å². The number of allylic oxidation sites excluding steroid dienone is 1. The predicted octanol–water partition coefficient (Wildman–Crippen LogP) is 3.41. The van der Waals surface area contributed by atoms with E-state index in [-0.39, 0.29) is 5.88 Å². The van der Waals surface area contributed by atoms with Crippen molar-refractivity contribution in [1.82, 2.24) is 4.98 Å². The summed E-state index contributed by atoms with van der Waals surface area (Å²) in [7, 11) is 4.65. The van der Waals surface area contributed by atoms with E-state index in [2.05, 4.69) is 11.1 Å². The van der Waals surface area contributed by atoms with Crippen molar-refractivity contribution in [2.45, 2.75) is 5.92 Å². The lowest BCUT2D eigenvalue weighted by Gasteiger charge is -2.27. The monoisotopic (exact) mass is 377 g/mol. The van der Waals surface area contributed by atoms with Gasteiger partial charge in [0.15, 0.2) is 11.5 Å². The Kier molecular flexibility index (Phi) is 4.24. The lowest BCUT2D eigenvalue weighted by Crippen LogP contribution is -2.21. The molecule has 28 heavy (non-hydrogen) atoms. The van der Waals surface area contributed by atoms with E-state index in [0.29, 0.717) is 28.6 Å². The number of H-pyrrole nitrogens is 1. The molecule has 0 aliphatic carbocycles.